The Morgan fingerprint density at radius 1 is 1.38 bits per heavy atom. The Kier molecular flexibility index (Phi) is 3.17. The molecule has 1 atom stereocenters. The second-order valence-electron chi connectivity index (χ2n) is 3.37. The molecular weight excluding hydrogens is 343 g/mol. The lowest BCUT2D eigenvalue weighted by Crippen LogP contribution is -2.30. The minimum atomic E-state index is -3.56. The van der Waals surface area contributed by atoms with Gasteiger partial charge in [0.05, 0.1) is 18.3 Å². The molecule has 16 heavy (non-hydrogen) atoms. The average molecular weight is 352 g/mol. The molecule has 1 saturated heterocycles. The zero-order valence-corrected chi connectivity index (χ0v) is 11.1. The van der Waals surface area contributed by atoms with E-state index in [9.17, 15) is 13.2 Å². The second-order valence-corrected chi connectivity index (χ2v) is 6.25. The van der Waals surface area contributed by atoms with Gasteiger partial charge in [-0.1, -0.05) is 0 Å². The first-order chi connectivity index (χ1) is 7.53. The molecule has 86 valence electrons. The fourth-order valence-electron chi connectivity index (χ4n) is 1.49. The van der Waals surface area contributed by atoms with Crippen molar-refractivity contribution in [2.45, 2.75) is 6.04 Å². The van der Waals surface area contributed by atoms with Gasteiger partial charge in [-0.2, -0.15) is 13.1 Å². The summed E-state index contributed by atoms with van der Waals surface area (Å²) in [4.78, 5) is 10.6. The summed E-state index contributed by atoms with van der Waals surface area (Å²) >= 11 is 2.14. The number of halogens is 1. The van der Waals surface area contributed by atoms with Crippen LogP contribution in [0.15, 0.2) is 24.3 Å². The third-order valence-corrected chi connectivity index (χ3v) is 4.49. The van der Waals surface area contributed by atoms with Crippen LogP contribution in [0.1, 0.15) is 0 Å². The highest BCUT2D eigenvalue weighted by atomic mass is 127. The molecule has 0 bridgehead atoms. The SMILES string of the molecule is O=CC1CN(c2ccc(I)cc2)S(=O)(=O)N1. The Labute approximate surface area is 107 Å². The monoisotopic (exact) mass is 352 g/mol. The summed E-state index contributed by atoms with van der Waals surface area (Å²) in [6.07, 6.45) is 0.601. The standard InChI is InChI=1S/C9H9IN2O3S/c10-7-1-3-9(4-2-7)12-5-8(6-13)11-16(12,14)15/h1-4,6,8,11H,5H2. The van der Waals surface area contributed by atoms with Crippen molar-refractivity contribution >= 4 is 44.8 Å². The smallest absolute Gasteiger partial charge is 0.302 e. The fourth-order valence-corrected chi connectivity index (χ4v) is 3.25. The predicted octanol–water partition coefficient (Wildman–Crippen LogP) is 0.513. The summed E-state index contributed by atoms with van der Waals surface area (Å²) in [7, 11) is -3.56. The van der Waals surface area contributed by atoms with E-state index in [-0.39, 0.29) is 6.54 Å². The number of hydrogen-bond acceptors (Lipinski definition) is 3. The zero-order chi connectivity index (χ0) is 11.8. The van der Waals surface area contributed by atoms with Gasteiger partial charge in [-0.05, 0) is 46.9 Å². The van der Waals surface area contributed by atoms with Crippen LogP contribution in [0.25, 0.3) is 0 Å². The Hall–Kier alpha value is -0.670. The number of hydrogen-bond donors (Lipinski definition) is 1. The number of nitrogens with zero attached hydrogens (tertiary/aromatic N) is 1. The maximum Gasteiger partial charge on any atom is 0.302 e. The molecule has 1 aliphatic rings. The number of rotatable bonds is 2. The Balaban J connectivity index is 2.34. The lowest BCUT2D eigenvalue weighted by atomic mass is 10.3. The van der Waals surface area contributed by atoms with E-state index in [0.29, 0.717) is 12.0 Å². The van der Waals surface area contributed by atoms with Gasteiger partial charge in [0.25, 0.3) is 0 Å². The molecule has 5 nitrogen and oxygen atoms in total. The first-order valence-corrected chi connectivity index (χ1v) is 7.05. The van der Waals surface area contributed by atoms with Crippen molar-refractivity contribution in [1.29, 1.82) is 0 Å². The van der Waals surface area contributed by atoms with Gasteiger partial charge >= 0.3 is 10.2 Å². The van der Waals surface area contributed by atoms with Gasteiger partial charge in [0.1, 0.15) is 6.29 Å². The molecule has 1 heterocycles. The van der Waals surface area contributed by atoms with Crippen molar-refractivity contribution in [1.82, 2.24) is 4.72 Å². The minimum absolute atomic E-state index is 0.145. The molecule has 1 aliphatic heterocycles. The van der Waals surface area contributed by atoms with E-state index in [4.69, 9.17) is 0 Å². The Bertz CT molecular complexity index is 500. The molecular formula is C9H9IN2O3S. The van der Waals surface area contributed by atoms with Gasteiger partial charge in [0.2, 0.25) is 0 Å². The van der Waals surface area contributed by atoms with Crippen LogP contribution in [0.3, 0.4) is 0 Å². The van der Waals surface area contributed by atoms with Crippen LogP contribution in [0, 0.1) is 3.57 Å². The van der Waals surface area contributed by atoms with Crippen LogP contribution in [0.4, 0.5) is 5.69 Å². The molecule has 0 radical (unpaired) electrons. The second kappa shape index (κ2) is 4.30. The first kappa shape index (κ1) is 11.8. The van der Waals surface area contributed by atoms with E-state index in [1.165, 1.54) is 4.31 Å². The van der Waals surface area contributed by atoms with E-state index in [2.05, 4.69) is 27.3 Å². The van der Waals surface area contributed by atoms with E-state index < -0.39 is 16.3 Å². The van der Waals surface area contributed by atoms with Crippen molar-refractivity contribution in [2.75, 3.05) is 10.8 Å². The predicted molar refractivity (Wildman–Crippen MR) is 68.4 cm³/mol. The van der Waals surface area contributed by atoms with Crippen LogP contribution in [0.5, 0.6) is 0 Å². The summed E-state index contributed by atoms with van der Waals surface area (Å²) in [5, 5.41) is 0. The fraction of sp³-hybridized carbons (Fsp3) is 0.222. The largest absolute Gasteiger partial charge is 0.302 e. The van der Waals surface area contributed by atoms with Crippen molar-refractivity contribution in [2.24, 2.45) is 0 Å². The molecule has 0 aliphatic carbocycles. The molecule has 2 rings (SSSR count). The number of benzene rings is 1. The summed E-state index contributed by atoms with van der Waals surface area (Å²) in [6.45, 7) is 0.145. The van der Waals surface area contributed by atoms with Crippen LogP contribution >= 0.6 is 22.6 Å². The lowest BCUT2D eigenvalue weighted by molar-refractivity contribution is -0.108. The maximum atomic E-state index is 11.7. The molecule has 1 N–H and O–H groups in total. The summed E-state index contributed by atoms with van der Waals surface area (Å²) in [5.74, 6) is 0. The van der Waals surface area contributed by atoms with Crippen LogP contribution < -0.4 is 9.03 Å². The van der Waals surface area contributed by atoms with Gasteiger partial charge in [-0.3, -0.25) is 4.31 Å². The third kappa shape index (κ3) is 2.20. The summed E-state index contributed by atoms with van der Waals surface area (Å²) in [5.41, 5.74) is 0.567. The molecule has 1 fully saturated rings. The molecule has 0 saturated carbocycles. The van der Waals surface area contributed by atoms with E-state index in [1.807, 2.05) is 12.1 Å². The highest BCUT2D eigenvalue weighted by Gasteiger charge is 2.35. The van der Waals surface area contributed by atoms with Crippen molar-refractivity contribution < 1.29 is 13.2 Å². The Morgan fingerprint density at radius 3 is 2.50 bits per heavy atom. The van der Waals surface area contributed by atoms with Gasteiger partial charge in [-0.25, -0.2) is 0 Å². The Morgan fingerprint density at radius 2 is 2.00 bits per heavy atom. The zero-order valence-electron chi connectivity index (χ0n) is 8.13. The third-order valence-electron chi connectivity index (χ3n) is 2.23. The number of nitrogens with one attached hydrogen (secondary N) is 1. The molecule has 0 amide bonds. The maximum absolute atomic E-state index is 11.7. The lowest BCUT2D eigenvalue weighted by Gasteiger charge is -2.15. The van der Waals surface area contributed by atoms with Crippen LogP contribution in [-0.4, -0.2) is 27.3 Å². The van der Waals surface area contributed by atoms with Crippen LogP contribution in [0.2, 0.25) is 0 Å². The normalized spacial score (nSPS) is 23.3. The van der Waals surface area contributed by atoms with E-state index >= 15 is 0 Å². The molecule has 0 spiro atoms. The molecule has 1 aromatic rings. The van der Waals surface area contributed by atoms with Crippen LogP contribution in [-0.2, 0) is 15.0 Å². The summed E-state index contributed by atoms with van der Waals surface area (Å²) < 4.78 is 27.8. The van der Waals surface area contributed by atoms with Crippen molar-refractivity contribution in [3.63, 3.8) is 0 Å². The highest BCUT2D eigenvalue weighted by Crippen LogP contribution is 2.22. The number of anilines is 1. The van der Waals surface area contributed by atoms with Gasteiger partial charge in [-0.15, -0.1) is 0 Å². The molecule has 7 heteroatoms. The van der Waals surface area contributed by atoms with E-state index in [0.717, 1.165) is 3.57 Å². The molecule has 1 aromatic carbocycles. The van der Waals surface area contributed by atoms with Gasteiger partial charge in [0.15, 0.2) is 0 Å². The number of carbonyl (C=O) groups is 1. The molecule has 0 aromatic heterocycles. The van der Waals surface area contributed by atoms with Gasteiger partial charge < -0.3 is 4.79 Å². The quantitative estimate of drug-likeness (QED) is 0.623. The first-order valence-electron chi connectivity index (χ1n) is 4.54. The van der Waals surface area contributed by atoms with Crippen molar-refractivity contribution in [3.05, 3.63) is 27.8 Å². The summed E-state index contributed by atoms with van der Waals surface area (Å²) in [6, 6.07) is 6.41. The van der Waals surface area contributed by atoms with E-state index in [1.54, 1.807) is 12.1 Å². The number of aldehydes is 1. The van der Waals surface area contributed by atoms with Crippen molar-refractivity contribution in [3.8, 4) is 0 Å². The molecule has 1 unspecified atom stereocenters. The minimum Gasteiger partial charge on any atom is -0.302 e. The van der Waals surface area contributed by atoms with Gasteiger partial charge in [0, 0.05) is 3.57 Å². The highest BCUT2D eigenvalue weighted by molar-refractivity contribution is 14.1. The topological polar surface area (TPSA) is 66.5 Å². The average Bonchev–Trinajstić information content (AvgIpc) is 2.55. The number of carbonyl (C=O) groups excluding carboxylic acids is 1.